The van der Waals surface area contributed by atoms with Crippen molar-refractivity contribution in [2.75, 3.05) is 26.2 Å². The lowest BCUT2D eigenvalue weighted by atomic mass is 10.4. The lowest BCUT2D eigenvalue weighted by molar-refractivity contribution is -0.132. The zero-order valence-electron chi connectivity index (χ0n) is 10.0. The number of nitrogens with zero attached hydrogens (tertiary/aromatic N) is 1. The molecule has 2 N–H and O–H groups in total. The van der Waals surface area contributed by atoms with Crippen LogP contribution in [-0.4, -0.2) is 48.8 Å². The van der Waals surface area contributed by atoms with Crippen LogP contribution < -0.4 is 10.6 Å². The largest absolute Gasteiger partial charge is 0.347 e. The summed E-state index contributed by atoms with van der Waals surface area (Å²) in [7, 11) is 0. The Hall–Kier alpha value is -1.59. The minimum Gasteiger partial charge on any atom is -0.347 e. The van der Waals surface area contributed by atoms with Crippen molar-refractivity contribution in [3.8, 4) is 0 Å². The minimum atomic E-state index is -0.365. The Kier molecular flexibility index (Phi) is 6.91. The van der Waals surface area contributed by atoms with Gasteiger partial charge < -0.3 is 15.5 Å². The molecule has 0 heterocycles. The van der Waals surface area contributed by atoms with E-state index < -0.39 is 0 Å². The SMILES string of the molecule is CCN(CC)C(=O)CNC(=O)CNC(C)=O. The Morgan fingerprint density at radius 3 is 2.00 bits per heavy atom. The zero-order valence-corrected chi connectivity index (χ0v) is 10.0. The number of carbonyl (C=O) groups excluding carboxylic acids is 3. The van der Waals surface area contributed by atoms with Gasteiger partial charge in [0.15, 0.2) is 0 Å². The lowest BCUT2D eigenvalue weighted by Crippen LogP contribution is -2.43. The highest BCUT2D eigenvalue weighted by atomic mass is 16.2. The third-order valence-corrected chi connectivity index (χ3v) is 2.05. The molecule has 0 radical (unpaired) electrons. The van der Waals surface area contributed by atoms with E-state index in [4.69, 9.17) is 0 Å². The summed E-state index contributed by atoms with van der Waals surface area (Å²) in [6.45, 7) is 6.20. The van der Waals surface area contributed by atoms with Gasteiger partial charge in [-0.05, 0) is 13.8 Å². The molecule has 0 unspecified atom stereocenters. The van der Waals surface area contributed by atoms with E-state index in [1.165, 1.54) is 6.92 Å². The molecule has 0 fully saturated rings. The van der Waals surface area contributed by atoms with Crippen LogP contribution in [0.3, 0.4) is 0 Å². The van der Waals surface area contributed by atoms with E-state index in [-0.39, 0.29) is 30.8 Å². The normalized spacial score (nSPS) is 9.44. The maximum atomic E-state index is 11.5. The van der Waals surface area contributed by atoms with E-state index in [9.17, 15) is 14.4 Å². The smallest absolute Gasteiger partial charge is 0.241 e. The molecule has 0 saturated heterocycles. The summed E-state index contributed by atoms with van der Waals surface area (Å²) in [5, 5.41) is 4.79. The fourth-order valence-electron chi connectivity index (χ4n) is 1.13. The monoisotopic (exact) mass is 229 g/mol. The van der Waals surface area contributed by atoms with Crippen molar-refractivity contribution in [2.24, 2.45) is 0 Å². The quantitative estimate of drug-likeness (QED) is 0.620. The van der Waals surface area contributed by atoms with Crippen molar-refractivity contribution in [1.82, 2.24) is 15.5 Å². The second-order valence-electron chi connectivity index (χ2n) is 3.25. The zero-order chi connectivity index (χ0) is 12.6. The Bertz CT molecular complexity index is 262. The van der Waals surface area contributed by atoms with Crippen LogP contribution in [0.2, 0.25) is 0 Å². The molecule has 6 heteroatoms. The van der Waals surface area contributed by atoms with Crippen LogP contribution in [-0.2, 0) is 14.4 Å². The van der Waals surface area contributed by atoms with Crippen LogP contribution in [0.1, 0.15) is 20.8 Å². The van der Waals surface area contributed by atoms with E-state index >= 15 is 0 Å². The standard InChI is InChI=1S/C10H19N3O3/c1-4-13(5-2)10(16)7-12-9(15)6-11-8(3)14/h4-7H2,1-3H3,(H,11,14)(H,12,15). The number of amides is 3. The minimum absolute atomic E-state index is 0.0277. The second kappa shape index (κ2) is 7.67. The highest BCUT2D eigenvalue weighted by Gasteiger charge is 2.10. The van der Waals surface area contributed by atoms with Crippen LogP contribution in [0.5, 0.6) is 0 Å². The van der Waals surface area contributed by atoms with Crippen LogP contribution in [0.25, 0.3) is 0 Å². The van der Waals surface area contributed by atoms with Crippen molar-refractivity contribution in [3.05, 3.63) is 0 Å². The van der Waals surface area contributed by atoms with E-state index in [1.807, 2.05) is 13.8 Å². The molecular formula is C10H19N3O3. The molecule has 0 rings (SSSR count). The average molecular weight is 229 g/mol. The molecule has 92 valence electrons. The molecule has 0 aromatic heterocycles. The number of hydrogen-bond donors (Lipinski definition) is 2. The van der Waals surface area contributed by atoms with Gasteiger partial charge in [-0.1, -0.05) is 0 Å². The predicted octanol–water partition coefficient (Wildman–Crippen LogP) is -0.893. The lowest BCUT2D eigenvalue weighted by Gasteiger charge is -2.18. The molecule has 6 nitrogen and oxygen atoms in total. The Labute approximate surface area is 95.4 Å². The number of carbonyl (C=O) groups is 3. The number of hydrogen-bond acceptors (Lipinski definition) is 3. The first-order valence-electron chi connectivity index (χ1n) is 5.30. The highest BCUT2D eigenvalue weighted by molar-refractivity contribution is 5.87. The van der Waals surface area contributed by atoms with Gasteiger partial charge in [-0.3, -0.25) is 14.4 Å². The fraction of sp³-hybridized carbons (Fsp3) is 0.700. The Morgan fingerprint density at radius 2 is 1.56 bits per heavy atom. The van der Waals surface area contributed by atoms with Gasteiger partial charge in [0.1, 0.15) is 0 Å². The third kappa shape index (κ3) is 6.00. The molecule has 0 aliphatic rings. The summed E-state index contributed by atoms with van der Waals surface area (Å²) in [5.74, 6) is -0.762. The first-order chi connectivity index (χ1) is 7.51. The van der Waals surface area contributed by atoms with Gasteiger partial charge >= 0.3 is 0 Å². The topological polar surface area (TPSA) is 78.5 Å². The first kappa shape index (κ1) is 14.4. The number of rotatable bonds is 6. The maximum Gasteiger partial charge on any atom is 0.241 e. The van der Waals surface area contributed by atoms with Crippen molar-refractivity contribution in [2.45, 2.75) is 20.8 Å². The van der Waals surface area contributed by atoms with Gasteiger partial charge in [-0.2, -0.15) is 0 Å². The summed E-state index contributed by atoms with van der Waals surface area (Å²) in [6, 6.07) is 0. The van der Waals surface area contributed by atoms with Gasteiger partial charge in [0.2, 0.25) is 17.7 Å². The van der Waals surface area contributed by atoms with Crippen LogP contribution in [0, 0.1) is 0 Å². The van der Waals surface area contributed by atoms with Gasteiger partial charge in [0.25, 0.3) is 0 Å². The fourth-order valence-corrected chi connectivity index (χ4v) is 1.13. The third-order valence-electron chi connectivity index (χ3n) is 2.05. The predicted molar refractivity (Wildman–Crippen MR) is 59.6 cm³/mol. The summed E-state index contributed by atoms with van der Waals surface area (Å²) in [6.07, 6.45) is 0. The van der Waals surface area contributed by atoms with Crippen molar-refractivity contribution in [1.29, 1.82) is 0 Å². The molecule has 0 spiro atoms. The summed E-state index contributed by atoms with van der Waals surface area (Å²) in [5.41, 5.74) is 0. The van der Waals surface area contributed by atoms with Crippen LogP contribution in [0.4, 0.5) is 0 Å². The van der Waals surface area contributed by atoms with E-state index in [2.05, 4.69) is 10.6 Å². The summed E-state index contributed by atoms with van der Waals surface area (Å²) < 4.78 is 0. The van der Waals surface area contributed by atoms with Gasteiger partial charge in [0, 0.05) is 20.0 Å². The number of likely N-dealkylation sites (N-methyl/N-ethyl adjacent to an activating group) is 1. The van der Waals surface area contributed by atoms with Crippen LogP contribution >= 0.6 is 0 Å². The molecule has 0 aromatic carbocycles. The first-order valence-corrected chi connectivity index (χ1v) is 5.30. The molecule has 0 aliphatic carbocycles. The van der Waals surface area contributed by atoms with Gasteiger partial charge in [0.05, 0.1) is 13.1 Å². The molecule has 16 heavy (non-hydrogen) atoms. The Morgan fingerprint density at radius 1 is 1.00 bits per heavy atom. The van der Waals surface area contributed by atoms with E-state index in [0.717, 1.165) is 0 Å². The average Bonchev–Trinajstić information content (AvgIpc) is 2.25. The molecule has 0 bridgehead atoms. The van der Waals surface area contributed by atoms with Crippen molar-refractivity contribution in [3.63, 3.8) is 0 Å². The molecule has 0 atom stereocenters. The Balaban J connectivity index is 3.82. The molecule has 3 amide bonds. The van der Waals surface area contributed by atoms with Gasteiger partial charge in [-0.15, -0.1) is 0 Å². The molecule has 0 saturated carbocycles. The summed E-state index contributed by atoms with van der Waals surface area (Å²) in [4.78, 5) is 34.8. The highest BCUT2D eigenvalue weighted by Crippen LogP contribution is 1.86. The van der Waals surface area contributed by atoms with Gasteiger partial charge in [-0.25, -0.2) is 0 Å². The summed E-state index contributed by atoms with van der Waals surface area (Å²) >= 11 is 0. The number of nitrogens with one attached hydrogen (secondary N) is 2. The molecule has 0 aliphatic heterocycles. The maximum absolute atomic E-state index is 11.5. The second-order valence-corrected chi connectivity index (χ2v) is 3.25. The molecule has 0 aromatic rings. The van der Waals surface area contributed by atoms with E-state index in [0.29, 0.717) is 13.1 Å². The van der Waals surface area contributed by atoms with E-state index in [1.54, 1.807) is 4.90 Å². The molecular weight excluding hydrogens is 210 g/mol. The van der Waals surface area contributed by atoms with Crippen molar-refractivity contribution < 1.29 is 14.4 Å². The van der Waals surface area contributed by atoms with Crippen molar-refractivity contribution >= 4 is 17.7 Å². The van der Waals surface area contributed by atoms with Crippen LogP contribution in [0.15, 0.2) is 0 Å².